The Bertz CT molecular complexity index is 856. The molecule has 0 saturated heterocycles. The molecule has 1 saturated carbocycles. The molecule has 1 N–H and O–H groups in total. The Morgan fingerprint density at radius 2 is 2.12 bits per heavy atom. The van der Waals surface area contributed by atoms with Gasteiger partial charge in [-0.2, -0.15) is 0 Å². The van der Waals surface area contributed by atoms with Crippen LogP contribution < -0.4 is 4.72 Å². The number of amides is 1. The molecule has 1 aromatic carbocycles. The number of benzene rings is 1. The zero-order valence-corrected chi connectivity index (χ0v) is 14.3. The molecule has 0 radical (unpaired) electrons. The molecule has 0 unspecified atom stereocenters. The van der Waals surface area contributed by atoms with E-state index < -0.39 is 10.0 Å². The molecule has 1 heterocycles. The molecular weight excluding hydrogens is 330 g/mol. The SMILES string of the molecule is Cc1cc(CN(C)C(=O)c2cccc(S(=O)(=O)NC3CC3)c2)no1. The zero-order chi connectivity index (χ0) is 17.3. The monoisotopic (exact) mass is 349 g/mol. The van der Waals surface area contributed by atoms with E-state index in [0.29, 0.717) is 17.0 Å². The number of carbonyl (C=O) groups excluding carboxylic acids is 1. The fourth-order valence-electron chi connectivity index (χ4n) is 2.31. The number of aromatic nitrogens is 1. The summed E-state index contributed by atoms with van der Waals surface area (Å²) in [6.07, 6.45) is 1.72. The van der Waals surface area contributed by atoms with Gasteiger partial charge in [0.05, 0.1) is 11.4 Å². The van der Waals surface area contributed by atoms with Crippen molar-refractivity contribution in [3.8, 4) is 0 Å². The van der Waals surface area contributed by atoms with Crippen molar-refractivity contribution in [1.29, 1.82) is 0 Å². The third-order valence-corrected chi connectivity index (χ3v) is 5.23. The van der Waals surface area contributed by atoms with Crippen LogP contribution in [0, 0.1) is 6.92 Å². The summed E-state index contributed by atoms with van der Waals surface area (Å²) < 4.78 is 32.1. The number of hydrogen-bond acceptors (Lipinski definition) is 5. The molecule has 24 heavy (non-hydrogen) atoms. The van der Waals surface area contributed by atoms with Gasteiger partial charge in [0.2, 0.25) is 10.0 Å². The molecular formula is C16H19N3O4S. The van der Waals surface area contributed by atoms with Crippen molar-refractivity contribution in [2.45, 2.75) is 37.2 Å². The zero-order valence-electron chi connectivity index (χ0n) is 13.5. The van der Waals surface area contributed by atoms with Crippen molar-refractivity contribution in [1.82, 2.24) is 14.8 Å². The van der Waals surface area contributed by atoms with Crippen molar-refractivity contribution >= 4 is 15.9 Å². The first-order valence-corrected chi connectivity index (χ1v) is 9.13. The van der Waals surface area contributed by atoms with Gasteiger partial charge >= 0.3 is 0 Å². The molecule has 0 atom stereocenters. The molecule has 0 spiro atoms. The lowest BCUT2D eigenvalue weighted by atomic mass is 10.2. The van der Waals surface area contributed by atoms with Crippen LogP contribution in [0.25, 0.3) is 0 Å². The van der Waals surface area contributed by atoms with Crippen LogP contribution in [0.15, 0.2) is 39.8 Å². The van der Waals surface area contributed by atoms with Crippen LogP contribution in [0.4, 0.5) is 0 Å². The minimum Gasteiger partial charge on any atom is -0.361 e. The van der Waals surface area contributed by atoms with Crippen molar-refractivity contribution in [2.24, 2.45) is 0 Å². The third-order valence-electron chi connectivity index (χ3n) is 3.71. The molecule has 1 aliphatic carbocycles. The predicted molar refractivity (Wildman–Crippen MR) is 86.8 cm³/mol. The minimum atomic E-state index is -3.58. The number of carbonyl (C=O) groups is 1. The van der Waals surface area contributed by atoms with Gasteiger partial charge in [-0.15, -0.1) is 0 Å². The average molecular weight is 349 g/mol. The highest BCUT2D eigenvalue weighted by atomic mass is 32.2. The van der Waals surface area contributed by atoms with Crippen LogP contribution in [0.3, 0.4) is 0 Å². The predicted octanol–water partition coefficient (Wildman–Crippen LogP) is 1.70. The first kappa shape index (κ1) is 16.7. The average Bonchev–Trinajstić information content (AvgIpc) is 3.26. The van der Waals surface area contributed by atoms with E-state index in [-0.39, 0.29) is 23.4 Å². The van der Waals surface area contributed by atoms with E-state index in [9.17, 15) is 13.2 Å². The van der Waals surface area contributed by atoms with Gasteiger partial charge in [0.25, 0.3) is 5.91 Å². The second-order valence-electron chi connectivity index (χ2n) is 6.01. The van der Waals surface area contributed by atoms with Gasteiger partial charge in [-0.3, -0.25) is 4.79 Å². The normalized spacial score (nSPS) is 14.6. The molecule has 1 aliphatic rings. The number of nitrogens with zero attached hydrogens (tertiary/aromatic N) is 2. The van der Waals surface area contributed by atoms with Crippen molar-refractivity contribution < 1.29 is 17.7 Å². The summed E-state index contributed by atoms with van der Waals surface area (Å²) in [5, 5.41) is 3.85. The van der Waals surface area contributed by atoms with Crippen LogP contribution in [-0.4, -0.2) is 37.5 Å². The highest BCUT2D eigenvalue weighted by Crippen LogP contribution is 2.22. The number of nitrogens with one attached hydrogen (secondary N) is 1. The number of rotatable bonds is 6. The standard InChI is InChI=1S/C16H19N3O4S/c1-11-8-14(17-23-11)10-19(2)16(20)12-4-3-5-15(9-12)24(21,22)18-13-6-7-13/h3-5,8-9,13,18H,6-7,10H2,1-2H3. The van der Waals surface area contributed by atoms with Crippen LogP contribution in [0.2, 0.25) is 0 Å². The minimum absolute atomic E-state index is 0.0208. The molecule has 1 amide bonds. The van der Waals surface area contributed by atoms with E-state index in [2.05, 4.69) is 9.88 Å². The van der Waals surface area contributed by atoms with E-state index in [1.807, 2.05) is 0 Å². The second-order valence-corrected chi connectivity index (χ2v) is 7.73. The van der Waals surface area contributed by atoms with E-state index in [4.69, 9.17) is 4.52 Å². The third kappa shape index (κ3) is 3.82. The summed E-state index contributed by atoms with van der Waals surface area (Å²) in [6, 6.07) is 7.84. The van der Waals surface area contributed by atoms with Gasteiger partial charge in [0.1, 0.15) is 11.5 Å². The van der Waals surface area contributed by atoms with E-state index in [1.165, 1.54) is 17.0 Å². The van der Waals surface area contributed by atoms with Crippen molar-refractivity contribution in [3.63, 3.8) is 0 Å². The Morgan fingerprint density at radius 3 is 2.75 bits per heavy atom. The highest BCUT2D eigenvalue weighted by Gasteiger charge is 2.28. The topological polar surface area (TPSA) is 92.5 Å². The maximum Gasteiger partial charge on any atom is 0.253 e. The smallest absolute Gasteiger partial charge is 0.253 e. The summed E-state index contributed by atoms with van der Waals surface area (Å²) in [7, 11) is -1.95. The number of hydrogen-bond donors (Lipinski definition) is 1. The molecule has 0 aliphatic heterocycles. The first-order chi connectivity index (χ1) is 11.3. The van der Waals surface area contributed by atoms with Gasteiger partial charge in [0.15, 0.2) is 0 Å². The first-order valence-electron chi connectivity index (χ1n) is 7.65. The fraction of sp³-hybridized carbons (Fsp3) is 0.375. The summed E-state index contributed by atoms with van der Waals surface area (Å²) in [4.78, 5) is 14.1. The van der Waals surface area contributed by atoms with Crippen LogP contribution in [-0.2, 0) is 16.6 Å². The Balaban J connectivity index is 1.76. The molecule has 0 bridgehead atoms. The van der Waals surface area contributed by atoms with Crippen molar-refractivity contribution in [3.05, 3.63) is 47.3 Å². The lowest BCUT2D eigenvalue weighted by molar-refractivity contribution is 0.0782. The summed E-state index contributed by atoms with van der Waals surface area (Å²) in [5.41, 5.74) is 0.957. The van der Waals surface area contributed by atoms with Crippen LogP contribution >= 0.6 is 0 Å². The van der Waals surface area contributed by atoms with Gasteiger partial charge in [0, 0.05) is 24.7 Å². The van der Waals surface area contributed by atoms with Gasteiger partial charge in [-0.05, 0) is 38.0 Å². The maximum absolute atomic E-state index is 12.5. The van der Waals surface area contributed by atoms with E-state index in [1.54, 1.807) is 32.2 Å². The van der Waals surface area contributed by atoms with Crippen LogP contribution in [0.5, 0.6) is 0 Å². The van der Waals surface area contributed by atoms with Gasteiger partial charge in [-0.25, -0.2) is 13.1 Å². The van der Waals surface area contributed by atoms with Crippen molar-refractivity contribution in [2.75, 3.05) is 7.05 Å². The molecule has 2 aromatic rings. The van der Waals surface area contributed by atoms with Gasteiger partial charge in [-0.1, -0.05) is 11.2 Å². The van der Waals surface area contributed by atoms with Gasteiger partial charge < -0.3 is 9.42 Å². The molecule has 128 valence electrons. The summed E-state index contributed by atoms with van der Waals surface area (Å²) in [6.45, 7) is 2.06. The number of aryl methyl sites for hydroxylation is 1. The quantitative estimate of drug-likeness (QED) is 0.857. The van der Waals surface area contributed by atoms with E-state index in [0.717, 1.165) is 12.8 Å². The molecule has 8 heteroatoms. The molecule has 1 aromatic heterocycles. The van der Waals surface area contributed by atoms with Crippen LogP contribution in [0.1, 0.15) is 34.7 Å². The number of sulfonamides is 1. The fourth-order valence-corrected chi connectivity index (χ4v) is 3.66. The maximum atomic E-state index is 12.5. The summed E-state index contributed by atoms with van der Waals surface area (Å²) >= 11 is 0. The Hall–Kier alpha value is -2.19. The molecule has 1 fully saturated rings. The molecule has 7 nitrogen and oxygen atoms in total. The summed E-state index contributed by atoms with van der Waals surface area (Å²) in [5.74, 6) is 0.393. The highest BCUT2D eigenvalue weighted by molar-refractivity contribution is 7.89. The second kappa shape index (κ2) is 6.37. The Morgan fingerprint density at radius 1 is 1.38 bits per heavy atom. The Labute approximate surface area is 140 Å². The lowest BCUT2D eigenvalue weighted by Gasteiger charge is -2.16. The van der Waals surface area contributed by atoms with E-state index >= 15 is 0 Å². The molecule has 3 rings (SSSR count). The Kier molecular flexibility index (Phi) is 4.42. The lowest BCUT2D eigenvalue weighted by Crippen LogP contribution is -2.28. The largest absolute Gasteiger partial charge is 0.361 e.